The van der Waals surface area contributed by atoms with Gasteiger partial charge in [-0.2, -0.15) is 0 Å². The second-order valence-electron chi connectivity index (χ2n) is 2.80. The molecule has 72 valence electrons. The fraction of sp³-hybridized carbons (Fsp3) is 0.111. The standard InChI is InChI=1S/C9H5Cl2NO2/c1-4-12-8-6(9(13)14-4)2-5(10)3-7(8)11/h2-3H,1H3. The predicted molar refractivity (Wildman–Crippen MR) is 55.0 cm³/mol. The molecule has 0 saturated carbocycles. The fourth-order valence-electron chi connectivity index (χ4n) is 1.20. The number of benzene rings is 1. The van der Waals surface area contributed by atoms with Gasteiger partial charge in [-0.15, -0.1) is 0 Å². The summed E-state index contributed by atoms with van der Waals surface area (Å²) in [6.07, 6.45) is 0. The zero-order valence-corrected chi connectivity index (χ0v) is 8.69. The summed E-state index contributed by atoms with van der Waals surface area (Å²) in [4.78, 5) is 15.4. The fourth-order valence-corrected chi connectivity index (χ4v) is 1.74. The molecule has 0 radical (unpaired) electrons. The number of fused-ring (bicyclic) bond motifs is 1. The topological polar surface area (TPSA) is 43.1 Å². The molecule has 0 aliphatic heterocycles. The Morgan fingerprint density at radius 1 is 1.36 bits per heavy atom. The van der Waals surface area contributed by atoms with Crippen molar-refractivity contribution in [3.63, 3.8) is 0 Å². The van der Waals surface area contributed by atoms with Crippen LogP contribution < -0.4 is 5.63 Å². The van der Waals surface area contributed by atoms with E-state index in [1.54, 1.807) is 6.92 Å². The largest absolute Gasteiger partial charge is 0.408 e. The van der Waals surface area contributed by atoms with Gasteiger partial charge in [-0.25, -0.2) is 9.78 Å². The number of halogens is 2. The summed E-state index contributed by atoms with van der Waals surface area (Å²) in [6.45, 7) is 1.59. The van der Waals surface area contributed by atoms with E-state index in [9.17, 15) is 4.79 Å². The summed E-state index contributed by atoms with van der Waals surface area (Å²) >= 11 is 11.6. The second-order valence-corrected chi connectivity index (χ2v) is 3.65. The van der Waals surface area contributed by atoms with E-state index in [1.807, 2.05) is 0 Å². The van der Waals surface area contributed by atoms with Gasteiger partial charge in [0.05, 0.1) is 15.9 Å². The molecule has 1 aromatic carbocycles. The van der Waals surface area contributed by atoms with E-state index in [0.29, 0.717) is 20.9 Å². The van der Waals surface area contributed by atoms with Gasteiger partial charge in [-0.05, 0) is 12.1 Å². The molecule has 0 aliphatic carbocycles. The maximum Gasteiger partial charge on any atom is 0.346 e. The van der Waals surface area contributed by atoms with Crippen molar-refractivity contribution in [2.24, 2.45) is 0 Å². The van der Waals surface area contributed by atoms with Crippen LogP contribution in [0.15, 0.2) is 21.3 Å². The van der Waals surface area contributed by atoms with Crippen LogP contribution in [0.4, 0.5) is 0 Å². The quantitative estimate of drug-likeness (QED) is 0.698. The smallest absolute Gasteiger partial charge is 0.346 e. The molecule has 0 unspecified atom stereocenters. The van der Waals surface area contributed by atoms with E-state index in [-0.39, 0.29) is 5.89 Å². The maximum atomic E-state index is 11.4. The lowest BCUT2D eigenvalue weighted by atomic mass is 10.2. The van der Waals surface area contributed by atoms with Crippen molar-refractivity contribution >= 4 is 34.1 Å². The minimum absolute atomic E-state index is 0.284. The minimum atomic E-state index is -0.475. The van der Waals surface area contributed by atoms with Crippen molar-refractivity contribution in [3.05, 3.63) is 38.5 Å². The molecule has 2 aromatic rings. The Morgan fingerprint density at radius 2 is 2.07 bits per heavy atom. The molecular formula is C9H5Cl2NO2. The third kappa shape index (κ3) is 1.49. The molecule has 1 heterocycles. The van der Waals surface area contributed by atoms with Gasteiger partial charge in [0.1, 0.15) is 0 Å². The first kappa shape index (κ1) is 9.49. The Labute approximate surface area is 89.3 Å². The summed E-state index contributed by atoms with van der Waals surface area (Å²) in [7, 11) is 0. The van der Waals surface area contributed by atoms with Gasteiger partial charge in [-0.1, -0.05) is 23.2 Å². The molecule has 0 fully saturated rings. The molecule has 0 aliphatic rings. The highest BCUT2D eigenvalue weighted by Gasteiger charge is 2.08. The van der Waals surface area contributed by atoms with Crippen LogP contribution in [0, 0.1) is 6.92 Å². The summed E-state index contributed by atoms with van der Waals surface area (Å²) in [5.41, 5.74) is -0.0540. The highest BCUT2D eigenvalue weighted by molar-refractivity contribution is 6.38. The minimum Gasteiger partial charge on any atom is -0.408 e. The Kier molecular flexibility index (Phi) is 2.21. The van der Waals surface area contributed by atoms with Crippen LogP contribution in [0.2, 0.25) is 10.0 Å². The van der Waals surface area contributed by atoms with Crippen LogP contribution in [-0.2, 0) is 0 Å². The van der Waals surface area contributed by atoms with E-state index in [2.05, 4.69) is 4.98 Å². The summed E-state index contributed by atoms with van der Waals surface area (Å²) < 4.78 is 4.82. The average molecular weight is 230 g/mol. The molecule has 5 heteroatoms. The molecule has 3 nitrogen and oxygen atoms in total. The normalized spacial score (nSPS) is 10.8. The van der Waals surface area contributed by atoms with Crippen LogP contribution in [0.5, 0.6) is 0 Å². The lowest BCUT2D eigenvalue weighted by Gasteiger charge is -1.99. The van der Waals surface area contributed by atoms with Crippen molar-refractivity contribution in [1.29, 1.82) is 0 Å². The van der Waals surface area contributed by atoms with E-state index in [4.69, 9.17) is 27.6 Å². The van der Waals surface area contributed by atoms with E-state index in [1.165, 1.54) is 12.1 Å². The molecular weight excluding hydrogens is 225 g/mol. The van der Waals surface area contributed by atoms with E-state index >= 15 is 0 Å². The number of hydrogen-bond acceptors (Lipinski definition) is 3. The molecule has 0 amide bonds. The van der Waals surface area contributed by atoms with Crippen LogP contribution in [0.3, 0.4) is 0 Å². The van der Waals surface area contributed by atoms with Crippen LogP contribution in [0.25, 0.3) is 10.9 Å². The summed E-state index contributed by atoms with van der Waals surface area (Å²) in [5, 5.41) is 1.04. The molecule has 0 saturated heterocycles. The van der Waals surface area contributed by atoms with Crippen LogP contribution in [0.1, 0.15) is 5.89 Å². The van der Waals surface area contributed by atoms with Gasteiger partial charge in [0.25, 0.3) is 0 Å². The Morgan fingerprint density at radius 3 is 2.79 bits per heavy atom. The lowest BCUT2D eigenvalue weighted by molar-refractivity contribution is 0.467. The molecule has 0 bridgehead atoms. The van der Waals surface area contributed by atoms with Gasteiger partial charge < -0.3 is 4.42 Å². The molecule has 0 spiro atoms. The third-order valence-electron chi connectivity index (χ3n) is 1.76. The Balaban J connectivity index is 3.02. The molecule has 1 aromatic heterocycles. The first-order chi connectivity index (χ1) is 6.58. The Bertz CT molecular complexity index is 562. The first-order valence-electron chi connectivity index (χ1n) is 3.84. The molecule has 0 N–H and O–H groups in total. The van der Waals surface area contributed by atoms with Crippen molar-refractivity contribution in [2.45, 2.75) is 6.92 Å². The van der Waals surface area contributed by atoms with Crippen molar-refractivity contribution in [2.75, 3.05) is 0 Å². The maximum absolute atomic E-state index is 11.4. The van der Waals surface area contributed by atoms with Gasteiger partial charge in [0.15, 0.2) is 5.89 Å². The zero-order chi connectivity index (χ0) is 10.3. The average Bonchev–Trinajstić information content (AvgIpc) is 2.07. The van der Waals surface area contributed by atoms with Crippen molar-refractivity contribution in [1.82, 2.24) is 4.98 Å². The Hall–Kier alpha value is -1.06. The molecule has 2 rings (SSSR count). The second kappa shape index (κ2) is 3.26. The van der Waals surface area contributed by atoms with Crippen LogP contribution in [-0.4, -0.2) is 4.98 Å². The number of hydrogen-bond donors (Lipinski definition) is 0. The van der Waals surface area contributed by atoms with E-state index in [0.717, 1.165) is 0 Å². The van der Waals surface area contributed by atoms with Gasteiger partial charge in [-0.3, -0.25) is 0 Å². The van der Waals surface area contributed by atoms with E-state index < -0.39 is 5.63 Å². The molecule has 0 atom stereocenters. The summed E-state index contributed by atoms with van der Waals surface area (Å²) in [5.74, 6) is 0.284. The monoisotopic (exact) mass is 229 g/mol. The first-order valence-corrected chi connectivity index (χ1v) is 4.60. The van der Waals surface area contributed by atoms with Gasteiger partial charge in [0, 0.05) is 11.9 Å². The van der Waals surface area contributed by atoms with Gasteiger partial charge in [0.2, 0.25) is 0 Å². The highest BCUT2D eigenvalue weighted by Crippen LogP contribution is 2.24. The SMILES string of the molecule is Cc1nc2c(Cl)cc(Cl)cc2c(=O)o1. The van der Waals surface area contributed by atoms with Gasteiger partial charge >= 0.3 is 5.63 Å². The lowest BCUT2D eigenvalue weighted by Crippen LogP contribution is -2.03. The third-order valence-corrected chi connectivity index (χ3v) is 2.26. The molecule has 14 heavy (non-hydrogen) atoms. The van der Waals surface area contributed by atoms with Crippen molar-refractivity contribution in [3.8, 4) is 0 Å². The highest BCUT2D eigenvalue weighted by atomic mass is 35.5. The van der Waals surface area contributed by atoms with Crippen molar-refractivity contribution < 1.29 is 4.42 Å². The number of rotatable bonds is 0. The zero-order valence-electron chi connectivity index (χ0n) is 7.17. The predicted octanol–water partition coefficient (Wildman–Crippen LogP) is 2.80. The summed E-state index contributed by atoms with van der Waals surface area (Å²) in [6, 6.07) is 3.03. The number of nitrogens with zero attached hydrogens (tertiary/aromatic N) is 1. The number of aryl methyl sites for hydroxylation is 1. The van der Waals surface area contributed by atoms with Crippen LogP contribution >= 0.6 is 23.2 Å². The number of aromatic nitrogens is 1.